The number of benzene rings is 1. The highest BCUT2D eigenvalue weighted by atomic mass is 35.5. The third-order valence-corrected chi connectivity index (χ3v) is 6.68. The second-order valence-corrected chi connectivity index (χ2v) is 9.01. The Morgan fingerprint density at radius 1 is 1.27 bits per heavy atom. The van der Waals surface area contributed by atoms with Crippen molar-refractivity contribution in [2.75, 3.05) is 26.7 Å². The lowest BCUT2D eigenvalue weighted by atomic mass is 9.97. The summed E-state index contributed by atoms with van der Waals surface area (Å²) in [6.07, 6.45) is -0.113. The van der Waals surface area contributed by atoms with Crippen LogP contribution in [0.25, 0.3) is 0 Å². The first-order valence-corrected chi connectivity index (χ1v) is 11.4. The van der Waals surface area contributed by atoms with Crippen LogP contribution in [0.2, 0.25) is 5.02 Å². The molecule has 1 atom stereocenters. The number of nitrogens with zero attached hydrogens (tertiary/aromatic N) is 1. The lowest BCUT2D eigenvalue weighted by molar-refractivity contribution is -0.152. The second kappa shape index (κ2) is 10.2. The molecule has 0 aromatic heterocycles. The molecular weight excluding hydrogens is 436 g/mol. The minimum absolute atomic E-state index is 0.0468. The Morgan fingerprint density at radius 3 is 2.47 bits per heavy atom. The summed E-state index contributed by atoms with van der Waals surface area (Å²) in [7, 11) is -2.64. The molecule has 0 radical (unpaired) electrons. The Labute approximate surface area is 180 Å². The van der Waals surface area contributed by atoms with Crippen molar-refractivity contribution in [2.45, 2.75) is 37.7 Å². The van der Waals surface area contributed by atoms with Crippen LogP contribution in [-0.2, 0) is 29.1 Å². The van der Waals surface area contributed by atoms with E-state index in [9.17, 15) is 22.8 Å². The van der Waals surface area contributed by atoms with Gasteiger partial charge in [0.25, 0.3) is 5.91 Å². The number of halogens is 1. The monoisotopic (exact) mass is 460 g/mol. The van der Waals surface area contributed by atoms with E-state index in [1.807, 2.05) is 0 Å². The fourth-order valence-electron chi connectivity index (χ4n) is 3.08. The van der Waals surface area contributed by atoms with Gasteiger partial charge in [-0.3, -0.25) is 9.59 Å². The second-order valence-electron chi connectivity index (χ2n) is 6.75. The Balaban J connectivity index is 2.00. The van der Waals surface area contributed by atoms with Crippen LogP contribution in [0.4, 0.5) is 0 Å². The van der Waals surface area contributed by atoms with Gasteiger partial charge in [0.1, 0.15) is 4.90 Å². The van der Waals surface area contributed by atoms with Gasteiger partial charge in [0.15, 0.2) is 6.10 Å². The number of hydrogen-bond donors (Lipinski definition) is 1. The summed E-state index contributed by atoms with van der Waals surface area (Å²) < 4.78 is 36.4. The largest absolute Gasteiger partial charge is 0.466 e. The number of esters is 2. The molecule has 1 saturated heterocycles. The molecular formula is C19H25ClN2O7S. The van der Waals surface area contributed by atoms with Gasteiger partial charge in [-0.25, -0.2) is 17.9 Å². The van der Waals surface area contributed by atoms with Crippen molar-refractivity contribution >= 4 is 39.5 Å². The molecule has 0 saturated carbocycles. The van der Waals surface area contributed by atoms with E-state index in [4.69, 9.17) is 21.1 Å². The number of amides is 1. The van der Waals surface area contributed by atoms with Crippen LogP contribution < -0.4 is 4.72 Å². The highest BCUT2D eigenvalue weighted by Gasteiger charge is 2.31. The third kappa shape index (κ3) is 5.71. The molecule has 11 heteroatoms. The summed E-state index contributed by atoms with van der Waals surface area (Å²) >= 11 is 5.91. The number of hydrogen-bond acceptors (Lipinski definition) is 7. The predicted octanol–water partition coefficient (Wildman–Crippen LogP) is 1.60. The molecule has 1 aliphatic heterocycles. The molecule has 0 aliphatic carbocycles. The lowest BCUT2D eigenvalue weighted by Gasteiger charge is -2.32. The SMILES string of the molecule is CCOC(=O)C1CCN(C(=O)C(C)OC(=O)c2ccc(Cl)c(S(=O)(=O)NC)c2)CC1. The standard InChI is InChI=1S/C19H25ClN2O7S/c1-4-28-18(24)13-7-9-22(10-8-13)17(23)12(2)29-19(25)14-5-6-15(20)16(11-14)30(26,27)21-3/h5-6,11-13,21H,4,7-10H2,1-3H3. The molecule has 1 aliphatic rings. The van der Waals surface area contributed by atoms with Crippen molar-refractivity contribution in [2.24, 2.45) is 5.92 Å². The number of nitrogens with one attached hydrogen (secondary N) is 1. The van der Waals surface area contributed by atoms with E-state index >= 15 is 0 Å². The van der Waals surface area contributed by atoms with Crippen LogP contribution in [0.5, 0.6) is 0 Å². The maximum absolute atomic E-state index is 12.6. The van der Waals surface area contributed by atoms with Crippen molar-refractivity contribution in [3.05, 3.63) is 28.8 Å². The van der Waals surface area contributed by atoms with Gasteiger partial charge in [0, 0.05) is 13.1 Å². The van der Waals surface area contributed by atoms with E-state index in [0.29, 0.717) is 32.5 Å². The normalized spacial score (nSPS) is 16.1. The highest BCUT2D eigenvalue weighted by Crippen LogP contribution is 2.24. The van der Waals surface area contributed by atoms with Gasteiger partial charge in [-0.15, -0.1) is 0 Å². The predicted molar refractivity (Wildman–Crippen MR) is 109 cm³/mol. The summed E-state index contributed by atoms with van der Waals surface area (Å²) in [5.74, 6) is -1.74. The first kappa shape index (κ1) is 24.1. The van der Waals surface area contributed by atoms with Crippen LogP contribution >= 0.6 is 11.6 Å². The van der Waals surface area contributed by atoms with Gasteiger partial charge in [-0.1, -0.05) is 11.6 Å². The molecule has 0 spiro atoms. The van der Waals surface area contributed by atoms with Crippen LogP contribution in [0, 0.1) is 5.92 Å². The van der Waals surface area contributed by atoms with Crippen molar-refractivity contribution in [3.63, 3.8) is 0 Å². The zero-order valence-corrected chi connectivity index (χ0v) is 18.6. The van der Waals surface area contributed by atoms with Gasteiger partial charge >= 0.3 is 11.9 Å². The van der Waals surface area contributed by atoms with Crippen LogP contribution in [-0.4, -0.2) is 64.0 Å². The Hall–Kier alpha value is -2.17. The average molecular weight is 461 g/mol. The Kier molecular flexibility index (Phi) is 8.22. The molecule has 1 unspecified atom stereocenters. The smallest absolute Gasteiger partial charge is 0.338 e. The molecule has 1 aromatic rings. The van der Waals surface area contributed by atoms with Crippen molar-refractivity contribution in [1.82, 2.24) is 9.62 Å². The van der Waals surface area contributed by atoms with Gasteiger partial charge in [0.2, 0.25) is 10.0 Å². The molecule has 166 valence electrons. The summed E-state index contributed by atoms with van der Waals surface area (Å²) in [4.78, 5) is 38.1. The van der Waals surface area contributed by atoms with Crippen molar-refractivity contribution in [3.8, 4) is 0 Å². The summed E-state index contributed by atoms with van der Waals surface area (Å²) in [5.41, 5.74) is -0.0473. The minimum Gasteiger partial charge on any atom is -0.466 e. The van der Waals surface area contributed by atoms with Crippen LogP contribution in [0.15, 0.2) is 23.1 Å². The summed E-state index contributed by atoms with van der Waals surface area (Å²) in [5, 5.41) is -0.0468. The molecule has 30 heavy (non-hydrogen) atoms. The van der Waals surface area contributed by atoms with E-state index in [-0.39, 0.29) is 33.3 Å². The molecule has 1 heterocycles. The summed E-state index contributed by atoms with van der Waals surface area (Å²) in [6.45, 7) is 4.21. The topological polar surface area (TPSA) is 119 Å². The van der Waals surface area contributed by atoms with Gasteiger partial charge in [0.05, 0.1) is 23.1 Å². The van der Waals surface area contributed by atoms with E-state index in [1.165, 1.54) is 31.0 Å². The number of ether oxygens (including phenoxy) is 2. The molecule has 1 fully saturated rings. The molecule has 2 rings (SSSR count). The number of carbonyl (C=O) groups is 3. The first-order chi connectivity index (χ1) is 14.1. The number of likely N-dealkylation sites (tertiary alicyclic amines) is 1. The van der Waals surface area contributed by atoms with Crippen LogP contribution in [0.3, 0.4) is 0 Å². The number of sulfonamides is 1. The quantitative estimate of drug-likeness (QED) is 0.613. The number of piperidine rings is 1. The van der Waals surface area contributed by atoms with Crippen LogP contribution in [0.1, 0.15) is 37.0 Å². The Morgan fingerprint density at radius 2 is 1.90 bits per heavy atom. The molecule has 1 amide bonds. The van der Waals surface area contributed by atoms with E-state index < -0.39 is 22.1 Å². The first-order valence-electron chi connectivity index (χ1n) is 9.50. The zero-order chi connectivity index (χ0) is 22.5. The van der Waals surface area contributed by atoms with Crippen molar-refractivity contribution < 1.29 is 32.3 Å². The third-order valence-electron chi connectivity index (χ3n) is 4.78. The number of carbonyl (C=O) groups excluding carboxylic acids is 3. The average Bonchev–Trinajstić information content (AvgIpc) is 2.73. The molecule has 1 aromatic carbocycles. The van der Waals surface area contributed by atoms with E-state index in [1.54, 1.807) is 6.92 Å². The maximum Gasteiger partial charge on any atom is 0.338 e. The number of rotatable bonds is 7. The van der Waals surface area contributed by atoms with E-state index in [0.717, 1.165) is 6.07 Å². The maximum atomic E-state index is 12.6. The minimum atomic E-state index is -3.87. The molecule has 0 bridgehead atoms. The van der Waals surface area contributed by atoms with Gasteiger partial charge in [-0.2, -0.15) is 0 Å². The van der Waals surface area contributed by atoms with Gasteiger partial charge < -0.3 is 14.4 Å². The molecule has 1 N–H and O–H groups in total. The lowest BCUT2D eigenvalue weighted by Crippen LogP contribution is -2.45. The van der Waals surface area contributed by atoms with Gasteiger partial charge in [-0.05, 0) is 51.9 Å². The molecule has 9 nitrogen and oxygen atoms in total. The van der Waals surface area contributed by atoms with E-state index in [2.05, 4.69) is 4.72 Å². The fourth-order valence-corrected chi connectivity index (χ4v) is 4.33. The fraction of sp³-hybridized carbons (Fsp3) is 0.526. The zero-order valence-electron chi connectivity index (χ0n) is 17.0. The highest BCUT2D eigenvalue weighted by molar-refractivity contribution is 7.89. The Bertz CT molecular complexity index is 911. The van der Waals surface area contributed by atoms with Crippen molar-refractivity contribution in [1.29, 1.82) is 0 Å². The summed E-state index contributed by atoms with van der Waals surface area (Å²) in [6, 6.07) is 3.69.